The Morgan fingerprint density at radius 3 is 1.14 bits per heavy atom. The quantitative estimate of drug-likeness (QED) is 0.503. The zero-order valence-corrected chi connectivity index (χ0v) is 8.17. The van der Waals surface area contributed by atoms with Gasteiger partial charge in [-0.05, 0) is 13.8 Å². The summed E-state index contributed by atoms with van der Waals surface area (Å²) >= 11 is 0. The fraction of sp³-hybridized carbons (Fsp3) is 0.750. The van der Waals surface area contributed by atoms with Crippen molar-refractivity contribution in [1.29, 1.82) is 0 Å². The molecule has 84 valence electrons. The Bertz CT molecular complexity index is 155. The largest absolute Gasteiger partial charge is 0.481 e. The van der Waals surface area contributed by atoms with Crippen molar-refractivity contribution in [3.8, 4) is 0 Å². The van der Waals surface area contributed by atoms with Gasteiger partial charge >= 0.3 is 11.9 Å². The van der Waals surface area contributed by atoms with Crippen molar-refractivity contribution < 1.29 is 30.0 Å². The van der Waals surface area contributed by atoms with Crippen LogP contribution in [0.15, 0.2) is 0 Å². The first kappa shape index (κ1) is 15.3. The number of carbonyl (C=O) groups is 2. The van der Waals surface area contributed by atoms with Crippen LogP contribution in [0.1, 0.15) is 26.7 Å². The number of aliphatic hydroxyl groups excluding tert-OH is 2. The predicted molar refractivity (Wildman–Crippen MR) is 47.9 cm³/mol. The first-order valence-electron chi connectivity index (χ1n) is 4.05. The third kappa shape index (κ3) is 22.4. The van der Waals surface area contributed by atoms with Gasteiger partial charge in [0.15, 0.2) is 0 Å². The fourth-order valence-corrected chi connectivity index (χ4v) is 0.505. The molecular formula is C8H16O6. The van der Waals surface area contributed by atoms with Gasteiger partial charge in [-0.2, -0.15) is 0 Å². The molecule has 0 aromatic carbocycles. The molecule has 0 heterocycles. The second kappa shape index (κ2) is 8.46. The Morgan fingerprint density at radius 2 is 1.14 bits per heavy atom. The molecule has 0 spiro atoms. The minimum Gasteiger partial charge on any atom is -0.481 e. The molecule has 0 rings (SSSR count). The number of hydrogen-bond acceptors (Lipinski definition) is 4. The molecule has 0 saturated heterocycles. The van der Waals surface area contributed by atoms with E-state index >= 15 is 0 Å². The maximum atomic E-state index is 9.65. The summed E-state index contributed by atoms with van der Waals surface area (Å²) in [4.78, 5) is 19.3. The van der Waals surface area contributed by atoms with E-state index in [1.807, 2.05) is 0 Å². The molecule has 6 heteroatoms. The smallest absolute Gasteiger partial charge is 0.305 e. The van der Waals surface area contributed by atoms with Gasteiger partial charge in [0.05, 0.1) is 25.0 Å². The molecule has 0 aliphatic carbocycles. The number of carboxylic acid groups (broad SMARTS) is 2. The van der Waals surface area contributed by atoms with Crippen molar-refractivity contribution in [3.05, 3.63) is 0 Å². The van der Waals surface area contributed by atoms with Crippen LogP contribution < -0.4 is 0 Å². The van der Waals surface area contributed by atoms with Crippen LogP contribution in [0.3, 0.4) is 0 Å². The van der Waals surface area contributed by atoms with Gasteiger partial charge in [-0.3, -0.25) is 9.59 Å². The van der Waals surface area contributed by atoms with Gasteiger partial charge in [-0.25, -0.2) is 0 Å². The molecule has 1 unspecified atom stereocenters. The van der Waals surface area contributed by atoms with E-state index in [2.05, 4.69) is 0 Å². The highest BCUT2D eigenvalue weighted by Gasteiger charge is 2.00. The normalized spacial score (nSPS) is 13.4. The van der Waals surface area contributed by atoms with Crippen LogP contribution in [0.4, 0.5) is 0 Å². The lowest BCUT2D eigenvalue weighted by Gasteiger charge is -1.94. The summed E-state index contributed by atoms with van der Waals surface area (Å²) in [6, 6.07) is 0. The lowest BCUT2D eigenvalue weighted by Crippen LogP contribution is -2.07. The van der Waals surface area contributed by atoms with Crippen molar-refractivity contribution >= 4 is 11.9 Å². The molecule has 0 bridgehead atoms. The molecule has 0 fully saturated rings. The number of hydrogen-bond donors (Lipinski definition) is 4. The van der Waals surface area contributed by atoms with Gasteiger partial charge in [0.25, 0.3) is 0 Å². The van der Waals surface area contributed by atoms with Crippen molar-refractivity contribution in [2.45, 2.75) is 38.9 Å². The first-order valence-corrected chi connectivity index (χ1v) is 4.05. The lowest BCUT2D eigenvalue weighted by atomic mass is 10.3. The average Bonchev–Trinajstić information content (AvgIpc) is 1.79. The molecule has 0 aliphatic rings. The molecule has 0 aromatic rings. The molecule has 0 saturated carbocycles. The van der Waals surface area contributed by atoms with Crippen LogP contribution in [-0.2, 0) is 9.59 Å². The molecule has 0 aliphatic heterocycles. The zero-order chi connectivity index (χ0) is 11.7. The Morgan fingerprint density at radius 1 is 0.929 bits per heavy atom. The van der Waals surface area contributed by atoms with E-state index < -0.39 is 24.1 Å². The number of rotatable bonds is 4. The van der Waals surface area contributed by atoms with Crippen molar-refractivity contribution in [2.24, 2.45) is 0 Å². The lowest BCUT2D eigenvalue weighted by molar-refractivity contribution is -0.140. The van der Waals surface area contributed by atoms with Crippen molar-refractivity contribution in [2.75, 3.05) is 0 Å². The Balaban J connectivity index is 0. The van der Waals surface area contributed by atoms with E-state index in [1.165, 1.54) is 13.8 Å². The van der Waals surface area contributed by atoms with Crippen molar-refractivity contribution in [1.82, 2.24) is 0 Å². The summed E-state index contributed by atoms with van der Waals surface area (Å²) < 4.78 is 0. The van der Waals surface area contributed by atoms with E-state index in [0.717, 1.165) is 0 Å². The average molecular weight is 208 g/mol. The second-order valence-electron chi connectivity index (χ2n) is 2.89. The van der Waals surface area contributed by atoms with Crippen LogP contribution in [0.25, 0.3) is 0 Å². The topological polar surface area (TPSA) is 115 Å². The monoisotopic (exact) mass is 208 g/mol. The van der Waals surface area contributed by atoms with Crippen LogP contribution in [-0.4, -0.2) is 44.6 Å². The Kier molecular flexibility index (Phi) is 9.27. The van der Waals surface area contributed by atoms with E-state index in [4.69, 9.17) is 20.4 Å². The third-order valence-electron chi connectivity index (χ3n) is 0.940. The number of aliphatic hydroxyl groups is 2. The number of carboxylic acids is 2. The third-order valence-corrected chi connectivity index (χ3v) is 0.940. The van der Waals surface area contributed by atoms with Gasteiger partial charge in [0.2, 0.25) is 0 Å². The minimum absolute atomic E-state index is 0.167. The van der Waals surface area contributed by atoms with E-state index in [-0.39, 0.29) is 12.8 Å². The molecule has 4 N–H and O–H groups in total. The molecule has 0 amide bonds. The SMILES string of the molecule is CC(O)CC(=O)O.C[C@@H](O)CC(=O)O. The summed E-state index contributed by atoms with van der Waals surface area (Å²) in [6.45, 7) is 2.88. The molecule has 6 nitrogen and oxygen atoms in total. The molecule has 2 atom stereocenters. The van der Waals surface area contributed by atoms with E-state index in [9.17, 15) is 9.59 Å². The van der Waals surface area contributed by atoms with Gasteiger partial charge in [-0.15, -0.1) is 0 Å². The van der Waals surface area contributed by atoms with Gasteiger partial charge < -0.3 is 20.4 Å². The molecule has 0 aromatic heterocycles. The van der Waals surface area contributed by atoms with Gasteiger partial charge in [0, 0.05) is 0 Å². The van der Waals surface area contributed by atoms with Gasteiger partial charge in [0.1, 0.15) is 0 Å². The van der Waals surface area contributed by atoms with E-state index in [0.29, 0.717) is 0 Å². The summed E-state index contributed by atoms with van der Waals surface area (Å²) in [5.41, 5.74) is 0. The van der Waals surface area contributed by atoms with Gasteiger partial charge in [-0.1, -0.05) is 0 Å². The highest BCUT2D eigenvalue weighted by Crippen LogP contribution is 1.86. The molecular weight excluding hydrogens is 192 g/mol. The Labute approximate surface area is 81.8 Å². The standard InChI is InChI=1S/2C4H8O3/c2*1-3(5)2-4(6)7/h2*3,5H,2H2,1H3,(H,6,7)/t3-;/m1./s1. The summed E-state index contributed by atoms with van der Waals surface area (Å²) in [5, 5.41) is 32.5. The number of aliphatic carboxylic acids is 2. The predicted octanol–water partition coefficient (Wildman–Crippen LogP) is -0.316. The summed E-state index contributed by atoms with van der Waals surface area (Å²) in [7, 11) is 0. The second-order valence-corrected chi connectivity index (χ2v) is 2.89. The fourth-order valence-electron chi connectivity index (χ4n) is 0.505. The minimum atomic E-state index is -0.963. The summed E-state index contributed by atoms with van der Waals surface area (Å²) in [5.74, 6) is -1.93. The maximum Gasteiger partial charge on any atom is 0.305 e. The highest BCUT2D eigenvalue weighted by molar-refractivity contribution is 5.67. The van der Waals surface area contributed by atoms with E-state index in [1.54, 1.807) is 0 Å². The van der Waals surface area contributed by atoms with Crippen LogP contribution in [0.2, 0.25) is 0 Å². The maximum absolute atomic E-state index is 9.65. The summed E-state index contributed by atoms with van der Waals surface area (Å²) in [6.07, 6.45) is -1.78. The molecule has 0 radical (unpaired) electrons. The van der Waals surface area contributed by atoms with Crippen LogP contribution in [0.5, 0.6) is 0 Å². The first-order chi connectivity index (χ1) is 6.25. The van der Waals surface area contributed by atoms with Crippen LogP contribution in [0, 0.1) is 0 Å². The van der Waals surface area contributed by atoms with Crippen molar-refractivity contribution in [3.63, 3.8) is 0 Å². The van der Waals surface area contributed by atoms with Crippen LogP contribution >= 0.6 is 0 Å². The highest BCUT2D eigenvalue weighted by atomic mass is 16.4. The Hall–Kier alpha value is -1.14. The zero-order valence-electron chi connectivity index (χ0n) is 8.17. The molecule has 14 heavy (non-hydrogen) atoms.